The third-order valence-electron chi connectivity index (χ3n) is 3.97. The Hall–Kier alpha value is -0.900. The lowest BCUT2D eigenvalue weighted by Crippen LogP contribution is -2.46. The molecule has 3 nitrogen and oxygen atoms in total. The fraction of sp³-hybridized carbons (Fsp3) is 0.625. The summed E-state index contributed by atoms with van der Waals surface area (Å²) < 4.78 is 11.7. The molecule has 0 saturated heterocycles. The second-order valence-corrected chi connectivity index (χ2v) is 5.69. The number of rotatable bonds is 5. The molecule has 19 heavy (non-hydrogen) atoms. The first kappa shape index (κ1) is 14.5. The Morgan fingerprint density at radius 3 is 2.89 bits per heavy atom. The van der Waals surface area contributed by atoms with E-state index in [1.54, 1.807) is 0 Å². The van der Waals surface area contributed by atoms with Crippen molar-refractivity contribution in [3.63, 3.8) is 0 Å². The number of benzene rings is 1. The minimum atomic E-state index is -0.315. The summed E-state index contributed by atoms with van der Waals surface area (Å²) >= 11 is 0. The minimum Gasteiger partial charge on any atom is -0.374 e. The van der Waals surface area contributed by atoms with Crippen molar-refractivity contribution >= 4 is 0 Å². The van der Waals surface area contributed by atoms with Crippen molar-refractivity contribution in [1.82, 2.24) is 0 Å². The Labute approximate surface area is 116 Å². The molecular weight excluding hydrogens is 238 g/mol. The molecule has 0 fully saturated rings. The van der Waals surface area contributed by atoms with E-state index in [1.807, 2.05) is 6.92 Å². The zero-order valence-corrected chi connectivity index (χ0v) is 12.2. The highest BCUT2D eigenvalue weighted by Crippen LogP contribution is 2.32. The summed E-state index contributed by atoms with van der Waals surface area (Å²) in [4.78, 5) is 0. The van der Waals surface area contributed by atoms with Gasteiger partial charge in [-0.05, 0) is 44.7 Å². The Morgan fingerprint density at radius 2 is 2.16 bits per heavy atom. The fourth-order valence-corrected chi connectivity index (χ4v) is 2.67. The molecule has 0 amide bonds. The van der Waals surface area contributed by atoms with E-state index in [0.717, 1.165) is 19.4 Å². The molecular formula is C16H25NO2. The highest BCUT2D eigenvalue weighted by atomic mass is 16.5. The molecule has 3 heteroatoms. The molecule has 2 rings (SSSR count). The standard InChI is InChI=1S/C16H25NO2/c1-4-19-16(2,3)15(17)11-14-13-8-6-5-7-12(13)9-10-18-14/h5-8,14-15H,4,9-11,17H2,1-3H3. The van der Waals surface area contributed by atoms with E-state index in [4.69, 9.17) is 15.2 Å². The van der Waals surface area contributed by atoms with Crippen molar-refractivity contribution in [1.29, 1.82) is 0 Å². The van der Waals surface area contributed by atoms with Gasteiger partial charge in [0.1, 0.15) is 0 Å². The van der Waals surface area contributed by atoms with Gasteiger partial charge in [-0.15, -0.1) is 0 Å². The number of ether oxygens (including phenoxy) is 2. The van der Waals surface area contributed by atoms with E-state index < -0.39 is 0 Å². The van der Waals surface area contributed by atoms with Crippen LogP contribution in [0.2, 0.25) is 0 Å². The second kappa shape index (κ2) is 6.04. The van der Waals surface area contributed by atoms with Gasteiger partial charge in [0.05, 0.1) is 18.3 Å². The van der Waals surface area contributed by atoms with E-state index in [1.165, 1.54) is 11.1 Å². The highest BCUT2D eigenvalue weighted by molar-refractivity contribution is 5.31. The summed E-state index contributed by atoms with van der Waals surface area (Å²) in [5.74, 6) is 0. The lowest BCUT2D eigenvalue weighted by Gasteiger charge is -2.35. The molecule has 0 radical (unpaired) electrons. The van der Waals surface area contributed by atoms with E-state index in [9.17, 15) is 0 Å². The molecule has 1 aromatic rings. The number of hydrogen-bond acceptors (Lipinski definition) is 3. The first-order valence-electron chi connectivity index (χ1n) is 7.13. The van der Waals surface area contributed by atoms with Crippen LogP contribution in [0.1, 0.15) is 44.4 Å². The Balaban J connectivity index is 2.08. The maximum atomic E-state index is 6.32. The zero-order chi connectivity index (χ0) is 13.9. The van der Waals surface area contributed by atoms with Crippen LogP contribution in [0.15, 0.2) is 24.3 Å². The third kappa shape index (κ3) is 3.35. The second-order valence-electron chi connectivity index (χ2n) is 5.69. The molecule has 0 aromatic heterocycles. The minimum absolute atomic E-state index is 0.0383. The van der Waals surface area contributed by atoms with Crippen LogP contribution in [0, 0.1) is 0 Å². The van der Waals surface area contributed by atoms with Gasteiger partial charge in [0.15, 0.2) is 0 Å². The summed E-state index contributed by atoms with van der Waals surface area (Å²) in [6, 6.07) is 8.46. The van der Waals surface area contributed by atoms with Gasteiger partial charge < -0.3 is 15.2 Å². The summed E-state index contributed by atoms with van der Waals surface area (Å²) in [5.41, 5.74) is 8.68. The van der Waals surface area contributed by atoms with Crippen LogP contribution in [0.5, 0.6) is 0 Å². The number of nitrogens with two attached hydrogens (primary N) is 1. The Kier molecular flexibility index (Phi) is 4.61. The van der Waals surface area contributed by atoms with Gasteiger partial charge >= 0.3 is 0 Å². The lowest BCUT2D eigenvalue weighted by molar-refractivity contribution is -0.0498. The predicted molar refractivity (Wildman–Crippen MR) is 77.1 cm³/mol. The van der Waals surface area contributed by atoms with Crippen molar-refractivity contribution in [3.8, 4) is 0 Å². The quantitative estimate of drug-likeness (QED) is 0.888. The summed E-state index contributed by atoms with van der Waals surface area (Å²) in [6.07, 6.45) is 1.89. The third-order valence-corrected chi connectivity index (χ3v) is 3.97. The smallest absolute Gasteiger partial charge is 0.0843 e. The predicted octanol–water partition coefficient (Wildman–Crippen LogP) is 2.83. The molecule has 0 saturated carbocycles. The van der Waals surface area contributed by atoms with Gasteiger partial charge in [-0.3, -0.25) is 0 Å². The molecule has 0 aliphatic carbocycles. The maximum Gasteiger partial charge on any atom is 0.0843 e. The molecule has 1 aliphatic heterocycles. The van der Waals surface area contributed by atoms with E-state index in [0.29, 0.717) is 6.61 Å². The van der Waals surface area contributed by atoms with Crippen LogP contribution in [0.25, 0.3) is 0 Å². The van der Waals surface area contributed by atoms with Crippen molar-refractivity contribution in [2.75, 3.05) is 13.2 Å². The van der Waals surface area contributed by atoms with Gasteiger partial charge in [0, 0.05) is 12.6 Å². The van der Waals surface area contributed by atoms with Gasteiger partial charge in [-0.1, -0.05) is 24.3 Å². The molecule has 1 heterocycles. The number of fused-ring (bicyclic) bond motifs is 1. The van der Waals surface area contributed by atoms with Crippen molar-refractivity contribution in [2.24, 2.45) is 5.73 Å². The van der Waals surface area contributed by atoms with Crippen molar-refractivity contribution in [2.45, 2.75) is 51.4 Å². The first-order valence-corrected chi connectivity index (χ1v) is 7.13. The van der Waals surface area contributed by atoms with Crippen LogP contribution in [-0.2, 0) is 15.9 Å². The van der Waals surface area contributed by atoms with Gasteiger partial charge in [0.25, 0.3) is 0 Å². The molecule has 0 bridgehead atoms. The monoisotopic (exact) mass is 263 g/mol. The van der Waals surface area contributed by atoms with Crippen LogP contribution >= 0.6 is 0 Å². The van der Waals surface area contributed by atoms with Gasteiger partial charge in [-0.25, -0.2) is 0 Å². The molecule has 2 unspecified atom stereocenters. The molecule has 2 N–H and O–H groups in total. The molecule has 1 aliphatic rings. The van der Waals surface area contributed by atoms with E-state index >= 15 is 0 Å². The number of hydrogen-bond donors (Lipinski definition) is 1. The zero-order valence-electron chi connectivity index (χ0n) is 12.2. The van der Waals surface area contributed by atoms with Crippen LogP contribution in [0.3, 0.4) is 0 Å². The molecule has 1 aromatic carbocycles. The van der Waals surface area contributed by atoms with Crippen LogP contribution in [0.4, 0.5) is 0 Å². The van der Waals surface area contributed by atoms with E-state index in [2.05, 4.69) is 38.1 Å². The topological polar surface area (TPSA) is 44.5 Å². The van der Waals surface area contributed by atoms with Crippen LogP contribution in [-0.4, -0.2) is 24.9 Å². The van der Waals surface area contributed by atoms with Gasteiger partial charge in [0.2, 0.25) is 0 Å². The Morgan fingerprint density at radius 1 is 1.42 bits per heavy atom. The molecule has 2 atom stereocenters. The summed E-state index contributed by atoms with van der Waals surface area (Å²) in [5, 5.41) is 0. The SMILES string of the molecule is CCOC(C)(C)C(N)CC1OCCc2ccccc21. The largest absolute Gasteiger partial charge is 0.374 e. The average Bonchev–Trinajstić information content (AvgIpc) is 2.39. The van der Waals surface area contributed by atoms with Gasteiger partial charge in [-0.2, -0.15) is 0 Å². The fourth-order valence-electron chi connectivity index (χ4n) is 2.67. The molecule has 0 spiro atoms. The Bertz CT molecular complexity index is 417. The van der Waals surface area contributed by atoms with Crippen molar-refractivity contribution in [3.05, 3.63) is 35.4 Å². The van der Waals surface area contributed by atoms with Crippen molar-refractivity contribution < 1.29 is 9.47 Å². The van der Waals surface area contributed by atoms with E-state index in [-0.39, 0.29) is 17.7 Å². The lowest BCUT2D eigenvalue weighted by atomic mass is 9.88. The normalized spacial score (nSPS) is 20.9. The summed E-state index contributed by atoms with van der Waals surface area (Å²) in [6.45, 7) is 7.57. The van der Waals surface area contributed by atoms with Crippen LogP contribution < -0.4 is 5.73 Å². The maximum absolute atomic E-state index is 6.32. The average molecular weight is 263 g/mol. The summed E-state index contributed by atoms with van der Waals surface area (Å²) in [7, 11) is 0. The first-order chi connectivity index (χ1) is 9.04. The highest BCUT2D eigenvalue weighted by Gasteiger charge is 2.31. The molecule has 106 valence electrons.